The Kier molecular flexibility index (Phi) is 3.53. The summed E-state index contributed by atoms with van der Waals surface area (Å²) >= 11 is 0. The summed E-state index contributed by atoms with van der Waals surface area (Å²) in [5.41, 5.74) is 5.08. The average Bonchev–Trinajstić information content (AvgIpc) is 2.53. The Hall–Kier alpha value is -2.49. The fraction of sp³-hybridized carbons (Fsp3) is 0.278. The molecule has 0 aliphatic heterocycles. The number of fused-ring (bicyclic) bond motifs is 1. The van der Waals surface area contributed by atoms with E-state index in [1.54, 1.807) is 12.4 Å². The normalized spacial score (nSPS) is 11.6. The van der Waals surface area contributed by atoms with Gasteiger partial charge in [0.1, 0.15) is 5.52 Å². The number of hydrogen-bond acceptors (Lipinski definition) is 4. The van der Waals surface area contributed by atoms with E-state index in [4.69, 9.17) is 0 Å². The summed E-state index contributed by atoms with van der Waals surface area (Å²) in [4.78, 5) is 13.4. The van der Waals surface area contributed by atoms with Gasteiger partial charge in [0, 0.05) is 25.0 Å². The molecule has 0 aliphatic carbocycles. The third-order valence-electron chi connectivity index (χ3n) is 3.74. The smallest absolute Gasteiger partial charge is 0.154 e. The van der Waals surface area contributed by atoms with Gasteiger partial charge >= 0.3 is 0 Å². The highest BCUT2D eigenvalue weighted by Crippen LogP contribution is 2.28. The van der Waals surface area contributed by atoms with Crippen molar-refractivity contribution in [2.24, 2.45) is 0 Å². The van der Waals surface area contributed by atoms with Crippen molar-refractivity contribution < 1.29 is 0 Å². The van der Waals surface area contributed by atoms with E-state index in [1.165, 1.54) is 5.56 Å². The topological polar surface area (TPSA) is 50.7 Å². The van der Waals surface area contributed by atoms with Crippen molar-refractivity contribution in [3.63, 3.8) is 0 Å². The average molecular weight is 292 g/mol. The predicted molar refractivity (Wildman–Crippen MR) is 91.0 cm³/mol. The molecule has 0 spiro atoms. The highest BCUT2D eigenvalue weighted by atomic mass is 15.0. The minimum atomic E-state index is 0.150. The molecule has 0 unspecified atom stereocenters. The largest absolute Gasteiger partial charge is 0.371 e. The van der Waals surface area contributed by atoms with Gasteiger partial charge in [-0.15, -0.1) is 0 Å². The molecular formula is C18H20N4. The zero-order valence-electron chi connectivity index (χ0n) is 13.4. The Morgan fingerprint density at radius 2 is 1.64 bits per heavy atom. The number of anilines is 1. The standard InChI is InChI=1S/C18H20N4/c1-18(2,3)13-7-5-12(6-8-13)14-11-15-16(17(19-4)22-14)21-10-9-20-15/h5-11H,1-4H3,(H,19,22). The van der Waals surface area contributed by atoms with Crippen LogP contribution in [0.4, 0.5) is 5.82 Å². The first-order valence-electron chi connectivity index (χ1n) is 7.39. The maximum absolute atomic E-state index is 4.67. The lowest BCUT2D eigenvalue weighted by Crippen LogP contribution is -2.10. The van der Waals surface area contributed by atoms with Gasteiger partial charge in [-0.05, 0) is 17.0 Å². The summed E-state index contributed by atoms with van der Waals surface area (Å²) in [6, 6.07) is 10.5. The minimum absolute atomic E-state index is 0.150. The van der Waals surface area contributed by atoms with Crippen molar-refractivity contribution in [3.8, 4) is 11.3 Å². The predicted octanol–water partition coefficient (Wildman–Crippen LogP) is 4.03. The molecule has 3 rings (SSSR count). The number of nitrogens with zero attached hydrogens (tertiary/aromatic N) is 3. The minimum Gasteiger partial charge on any atom is -0.371 e. The van der Waals surface area contributed by atoms with Crippen LogP contribution in [0.15, 0.2) is 42.7 Å². The molecule has 0 aliphatic rings. The molecule has 0 radical (unpaired) electrons. The summed E-state index contributed by atoms with van der Waals surface area (Å²) in [5, 5.41) is 3.10. The molecule has 4 heteroatoms. The lowest BCUT2D eigenvalue weighted by atomic mass is 9.86. The Morgan fingerprint density at radius 3 is 2.27 bits per heavy atom. The Balaban J connectivity index is 2.10. The van der Waals surface area contributed by atoms with E-state index < -0.39 is 0 Å². The molecule has 1 aromatic carbocycles. The molecule has 0 fully saturated rings. The zero-order chi connectivity index (χ0) is 15.7. The van der Waals surface area contributed by atoms with Crippen molar-refractivity contribution >= 4 is 16.9 Å². The number of aromatic nitrogens is 3. The van der Waals surface area contributed by atoms with Crippen LogP contribution < -0.4 is 5.32 Å². The molecule has 22 heavy (non-hydrogen) atoms. The summed E-state index contributed by atoms with van der Waals surface area (Å²) < 4.78 is 0. The first-order chi connectivity index (χ1) is 10.5. The molecular weight excluding hydrogens is 272 g/mol. The van der Waals surface area contributed by atoms with E-state index in [2.05, 4.69) is 65.3 Å². The maximum Gasteiger partial charge on any atom is 0.154 e. The molecule has 1 N–H and O–H groups in total. The summed E-state index contributed by atoms with van der Waals surface area (Å²) in [5.74, 6) is 0.750. The maximum atomic E-state index is 4.67. The molecule has 0 bridgehead atoms. The van der Waals surface area contributed by atoms with Crippen LogP contribution in [0.25, 0.3) is 22.3 Å². The third kappa shape index (κ3) is 2.64. The zero-order valence-corrected chi connectivity index (χ0v) is 13.4. The molecule has 0 saturated heterocycles. The van der Waals surface area contributed by atoms with E-state index in [0.29, 0.717) is 0 Å². The third-order valence-corrected chi connectivity index (χ3v) is 3.74. The first kappa shape index (κ1) is 14.4. The fourth-order valence-electron chi connectivity index (χ4n) is 2.44. The summed E-state index contributed by atoms with van der Waals surface area (Å²) in [6.07, 6.45) is 3.39. The molecule has 2 aromatic heterocycles. The van der Waals surface area contributed by atoms with Crippen LogP contribution in [0.5, 0.6) is 0 Å². The number of rotatable bonds is 2. The van der Waals surface area contributed by atoms with E-state index in [0.717, 1.165) is 28.1 Å². The monoisotopic (exact) mass is 292 g/mol. The Labute approximate surface area is 130 Å². The Morgan fingerprint density at radius 1 is 0.955 bits per heavy atom. The van der Waals surface area contributed by atoms with Crippen molar-refractivity contribution in [2.45, 2.75) is 26.2 Å². The van der Waals surface area contributed by atoms with Gasteiger partial charge in [-0.25, -0.2) is 9.97 Å². The van der Waals surface area contributed by atoms with Crippen molar-refractivity contribution in [3.05, 3.63) is 48.3 Å². The molecule has 2 heterocycles. The van der Waals surface area contributed by atoms with Crippen LogP contribution in [0.3, 0.4) is 0 Å². The van der Waals surface area contributed by atoms with E-state index in [9.17, 15) is 0 Å². The first-order valence-corrected chi connectivity index (χ1v) is 7.39. The van der Waals surface area contributed by atoms with Crippen molar-refractivity contribution in [1.29, 1.82) is 0 Å². The number of hydrogen-bond donors (Lipinski definition) is 1. The highest BCUT2D eigenvalue weighted by Gasteiger charge is 2.14. The molecule has 0 saturated carbocycles. The number of benzene rings is 1. The van der Waals surface area contributed by atoms with Gasteiger partial charge in [-0.3, -0.25) is 4.98 Å². The van der Waals surface area contributed by atoms with Gasteiger partial charge in [0.15, 0.2) is 5.82 Å². The van der Waals surface area contributed by atoms with Gasteiger partial charge in [0.05, 0.1) is 11.2 Å². The van der Waals surface area contributed by atoms with Crippen LogP contribution in [0.2, 0.25) is 0 Å². The van der Waals surface area contributed by atoms with Crippen LogP contribution in [0, 0.1) is 0 Å². The second kappa shape index (κ2) is 5.37. The van der Waals surface area contributed by atoms with Crippen LogP contribution in [0.1, 0.15) is 26.3 Å². The van der Waals surface area contributed by atoms with Gasteiger partial charge < -0.3 is 5.32 Å². The SMILES string of the molecule is CNc1nc(-c2ccc(C(C)(C)C)cc2)cc2nccnc12. The van der Waals surface area contributed by atoms with Crippen LogP contribution in [-0.4, -0.2) is 22.0 Å². The van der Waals surface area contributed by atoms with Gasteiger partial charge in [-0.1, -0.05) is 45.0 Å². The van der Waals surface area contributed by atoms with E-state index in [1.807, 2.05) is 13.1 Å². The second-order valence-corrected chi connectivity index (χ2v) is 6.36. The van der Waals surface area contributed by atoms with Crippen LogP contribution in [-0.2, 0) is 5.41 Å². The quantitative estimate of drug-likeness (QED) is 0.774. The van der Waals surface area contributed by atoms with Gasteiger partial charge in [-0.2, -0.15) is 0 Å². The molecule has 112 valence electrons. The summed E-state index contributed by atoms with van der Waals surface area (Å²) in [7, 11) is 1.85. The molecule has 4 nitrogen and oxygen atoms in total. The lowest BCUT2D eigenvalue weighted by Gasteiger charge is -2.19. The molecule has 0 atom stereocenters. The van der Waals surface area contributed by atoms with E-state index >= 15 is 0 Å². The molecule has 0 amide bonds. The summed E-state index contributed by atoms with van der Waals surface area (Å²) in [6.45, 7) is 6.64. The van der Waals surface area contributed by atoms with Crippen molar-refractivity contribution in [1.82, 2.24) is 15.0 Å². The van der Waals surface area contributed by atoms with Crippen molar-refractivity contribution in [2.75, 3.05) is 12.4 Å². The van der Waals surface area contributed by atoms with Crippen LogP contribution >= 0.6 is 0 Å². The highest BCUT2D eigenvalue weighted by molar-refractivity contribution is 5.88. The fourth-order valence-corrected chi connectivity index (χ4v) is 2.44. The van der Waals surface area contributed by atoms with E-state index in [-0.39, 0.29) is 5.41 Å². The van der Waals surface area contributed by atoms with Gasteiger partial charge in [0.25, 0.3) is 0 Å². The number of nitrogens with one attached hydrogen (secondary N) is 1. The Bertz CT molecular complexity index is 801. The number of pyridine rings is 1. The second-order valence-electron chi connectivity index (χ2n) is 6.36. The van der Waals surface area contributed by atoms with Gasteiger partial charge in [0.2, 0.25) is 0 Å². The lowest BCUT2D eigenvalue weighted by molar-refractivity contribution is 0.590. The molecule has 3 aromatic rings.